The molecule has 16 heavy (non-hydrogen) atoms. The first-order valence-electron chi connectivity index (χ1n) is 5.68. The lowest BCUT2D eigenvalue weighted by molar-refractivity contribution is 0.709. The molecular weight excluding hydrogens is 216 g/mol. The largest absolute Gasteiger partial charge is 0.316 e. The lowest BCUT2D eigenvalue weighted by atomic mass is 10.2. The number of nitrogens with zero attached hydrogens (tertiary/aromatic N) is 1. The molecule has 1 aromatic carbocycles. The Hall–Kier alpha value is -1.19. The fourth-order valence-electron chi connectivity index (χ4n) is 2.01. The van der Waals surface area contributed by atoms with Crippen molar-refractivity contribution in [3.05, 3.63) is 40.9 Å². The van der Waals surface area contributed by atoms with E-state index in [-0.39, 0.29) is 0 Å². The van der Waals surface area contributed by atoms with E-state index in [1.165, 1.54) is 21.1 Å². The zero-order chi connectivity index (χ0) is 10.8. The summed E-state index contributed by atoms with van der Waals surface area (Å²) in [5, 5.41) is 4.58. The number of aromatic nitrogens is 1. The van der Waals surface area contributed by atoms with Gasteiger partial charge in [0.15, 0.2) is 0 Å². The van der Waals surface area contributed by atoms with Gasteiger partial charge in [-0.15, -0.1) is 11.3 Å². The Bertz CT molecular complexity index is 452. The van der Waals surface area contributed by atoms with Crippen molar-refractivity contribution in [2.75, 3.05) is 13.1 Å². The summed E-state index contributed by atoms with van der Waals surface area (Å²) < 4.78 is 0. The van der Waals surface area contributed by atoms with Crippen LogP contribution in [0.15, 0.2) is 30.3 Å². The van der Waals surface area contributed by atoms with Crippen LogP contribution in [0.2, 0.25) is 0 Å². The van der Waals surface area contributed by atoms with Gasteiger partial charge in [0.05, 0.1) is 5.69 Å². The van der Waals surface area contributed by atoms with Crippen molar-refractivity contribution >= 4 is 11.3 Å². The highest BCUT2D eigenvalue weighted by atomic mass is 32.1. The van der Waals surface area contributed by atoms with Crippen LogP contribution in [0.1, 0.15) is 10.6 Å². The van der Waals surface area contributed by atoms with Crippen molar-refractivity contribution < 1.29 is 0 Å². The van der Waals surface area contributed by atoms with Gasteiger partial charge in [-0.1, -0.05) is 30.3 Å². The Kier molecular flexibility index (Phi) is 2.72. The van der Waals surface area contributed by atoms with E-state index < -0.39 is 0 Å². The van der Waals surface area contributed by atoms with Gasteiger partial charge in [-0.25, -0.2) is 4.98 Å². The van der Waals surface area contributed by atoms with Crippen LogP contribution in [0.4, 0.5) is 0 Å². The molecule has 0 fully saturated rings. The summed E-state index contributed by atoms with van der Waals surface area (Å²) in [6.07, 6.45) is 2.19. The summed E-state index contributed by atoms with van der Waals surface area (Å²) in [7, 11) is 0. The molecule has 2 nitrogen and oxygen atoms in total. The fourth-order valence-corrected chi connectivity index (χ4v) is 3.12. The molecule has 0 unspecified atom stereocenters. The first-order chi connectivity index (χ1) is 7.93. The molecule has 0 atom stereocenters. The Morgan fingerprint density at radius 1 is 1.06 bits per heavy atom. The summed E-state index contributed by atoms with van der Waals surface area (Å²) in [6.45, 7) is 2.15. The molecule has 1 aromatic heterocycles. The summed E-state index contributed by atoms with van der Waals surface area (Å²) in [4.78, 5) is 6.22. The van der Waals surface area contributed by atoms with Crippen molar-refractivity contribution in [1.82, 2.24) is 10.3 Å². The van der Waals surface area contributed by atoms with Crippen LogP contribution in [-0.2, 0) is 12.8 Å². The smallest absolute Gasteiger partial charge is 0.123 e. The van der Waals surface area contributed by atoms with E-state index in [0.29, 0.717) is 0 Å². The highest BCUT2D eigenvalue weighted by Crippen LogP contribution is 2.29. The molecule has 1 aliphatic heterocycles. The van der Waals surface area contributed by atoms with E-state index >= 15 is 0 Å². The van der Waals surface area contributed by atoms with Gasteiger partial charge < -0.3 is 5.32 Å². The molecule has 0 radical (unpaired) electrons. The van der Waals surface area contributed by atoms with Crippen LogP contribution in [0.3, 0.4) is 0 Å². The third-order valence-corrected chi connectivity index (χ3v) is 4.07. The van der Waals surface area contributed by atoms with Gasteiger partial charge in [-0.05, 0) is 6.42 Å². The number of hydrogen-bond acceptors (Lipinski definition) is 3. The predicted molar refractivity (Wildman–Crippen MR) is 67.8 cm³/mol. The summed E-state index contributed by atoms with van der Waals surface area (Å²) in [5.41, 5.74) is 2.54. The normalized spacial score (nSPS) is 15.5. The highest BCUT2D eigenvalue weighted by molar-refractivity contribution is 7.15. The summed E-state index contributed by atoms with van der Waals surface area (Å²) in [5.74, 6) is 0. The third kappa shape index (κ3) is 1.88. The molecule has 82 valence electrons. The molecular formula is C13H14N2S. The topological polar surface area (TPSA) is 24.9 Å². The van der Waals surface area contributed by atoms with Gasteiger partial charge in [-0.2, -0.15) is 0 Å². The summed E-state index contributed by atoms with van der Waals surface area (Å²) >= 11 is 1.85. The zero-order valence-corrected chi connectivity index (χ0v) is 9.89. The standard InChI is InChI=1S/C13H14N2S/c1-2-4-10(5-3-1)13-15-11-6-8-14-9-7-12(11)16-13/h1-5,14H,6-9H2. The Labute approximate surface area is 99.4 Å². The minimum Gasteiger partial charge on any atom is -0.316 e. The fraction of sp³-hybridized carbons (Fsp3) is 0.308. The predicted octanol–water partition coefficient (Wildman–Crippen LogP) is 2.50. The lowest BCUT2D eigenvalue weighted by Crippen LogP contribution is -2.16. The average molecular weight is 230 g/mol. The quantitative estimate of drug-likeness (QED) is 0.814. The van der Waals surface area contributed by atoms with Gasteiger partial charge in [-0.3, -0.25) is 0 Å². The van der Waals surface area contributed by atoms with Gasteiger partial charge in [0.2, 0.25) is 0 Å². The molecule has 3 heteroatoms. The maximum atomic E-state index is 4.76. The van der Waals surface area contributed by atoms with E-state index in [2.05, 4.69) is 29.6 Å². The van der Waals surface area contributed by atoms with Crippen molar-refractivity contribution in [2.24, 2.45) is 0 Å². The Morgan fingerprint density at radius 3 is 2.75 bits per heavy atom. The molecule has 0 saturated heterocycles. The Balaban J connectivity index is 1.98. The van der Waals surface area contributed by atoms with Crippen LogP contribution in [0.5, 0.6) is 0 Å². The second kappa shape index (κ2) is 4.36. The number of nitrogens with one attached hydrogen (secondary N) is 1. The number of rotatable bonds is 1. The molecule has 0 spiro atoms. The second-order valence-electron chi connectivity index (χ2n) is 4.00. The molecule has 0 saturated carbocycles. The van der Waals surface area contributed by atoms with Crippen molar-refractivity contribution in [3.8, 4) is 10.6 Å². The molecule has 0 bridgehead atoms. The minimum absolute atomic E-state index is 1.06. The van der Waals surface area contributed by atoms with Crippen molar-refractivity contribution in [1.29, 1.82) is 0 Å². The molecule has 2 aromatic rings. The highest BCUT2D eigenvalue weighted by Gasteiger charge is 2.14. The minimum atomic E-state index is 1.06. The molecule has 3 rings (SSSR count). The van der Waals surface area contributed by atoms with E-state index in [0.717, 1.165) is 25.9 Å². The molecule has 2 heterocycles. The van der Waals surface area contributed by atoms with Gasteiger partial charge >= 0.3 is 0 Å². The molecule has 1 N–H and O–H groups in total. The number of fused-ring (bicyclic) bond motifs is 1. The van der Waals surface area contributed by atoms with Crippen molar-refractivity contribution in [2.45, 2.75) is 12.8 Å². The lowest BCUT2D eigenvalue weighted by Gasteiger charge is -1.96. The SMILES string of the molecule is c1ccc(-c2nc3c(s2)CCNCC3)cc1. The van der Waals surface area contributed by atoms with Gasteiger partial charge in [0.1, 0.15) is 5.01 Å². The molecule has 0 amide bonds. The maximum Gasteiger partial charge on any atom is 0.123 e. The van der Waals surface area contributed by atoms with Crippen LogP contribution in [0.25, 0.3) is 10.6 Å². The van der Waals surface area contributed by atoms with E-state index in [9.17, 15) is 0 Å². The first-order valence-corrected chi connectivity index (χ1v) is 6.50. The van der Waals surface area contributed by atoms with Gasteiger partial charge in [0, 0.05) is 30.0 Å². The first kappa shape index (κ1) is 10.00. The van der Waals surface area contributed by atoms with Crippen molar-refractivity contribution in [3.63, 3.8) is 0 Å². The average Bonchev–Trinajstić information content (AvgIpc) is 2.62. The van der Waals surface area contributed by atoms with E-state index in [1.807, 2.05) is 17.4 Å². The zero-order valence-electron chi connectivity index (χ0n) is 9.07. The number of thiazole rings is 1. The molecule has 1 aliphatic rings. The van der Waals surface area contributed by atoms with Gasteiger partial charge in [0.25, 0.3) is 0 Å². The van der Waals surface area contributed by atoms with Crippen LogP contribution in [-0.4, -0.2) is 18.1 Å². The number of hydrogen-bond donors (Lipinski definition) is 1. The monoisotopic (exact) mass is 230 g/mol. The third-order valence-electron chi connectivity index (χ3n) is 2.87. The number of benzene rings is 1. The van der Waals surface area contributed by atoms with Crippen LogP contribution >= 0.6 is 11.3 Å². The van der Waals surface area contributed by atoms with Crippen LogP contribution < -0.4 is 5.32 Å². The van der Waals surface area contributed by atoms with E-state index in [4.69, 9.17) is 4.98 Å². The van der Waals surface area contributed by atoms with Crippen LogP contribution in [0, 0.1) is 0 Å². The second-order valence-corrected chi connectivity index (χ2v) is 5.09. The molecule has 0 aliphatic carbocycles. The summed E-state index contributed by atoms with van der Waals surface area (Å²) in [6, 6.07) is 10.5. The Morgan fingerprint density at radius 2 is 1.88 bits per heavy atom. The van der Waals surface area contributed by atoms with E-state index in [1.54, 1.807) is 0 Å². The maximum absolute atomic E-state index is 4.76.